The lowest BCUT2D eigenvalue weighted by Gasteiger charge is -2.05. The molecule has 0 amide bonds. The Bertz CT molecular complexity index is 245. The minimum atomic E-state index is -0.0326. The second kappa shape index (κ2) is 6.15. The number of ether oxygens (including phenoxy) is 2. The van der Waals surface area contributed by atoms with E-state index in [2.05, 4.69) is 9.97 Å². The summed E-state index contributed by atoms with van der Waals surface area (Å²) in [5.74, 6) is 0.417. The van der Waals surface area contributed by atoms with Crippen LogP contribution >= 0.6 is 0 Å². The topological polar surface area (TPSA) is 64.5 Å². The molecule has 0 aliphatic carbocycles. The number of nitrogens with zero attached hydrogens (tertiary/aromatic N) is 2. The average Bonchev–Trinajstić information content (AvgIpc) is 2.24. The molecule has 0 aliphatic heterocycles. The molecule has 0 aromatic carbocycles. The maximum absolute atomic E-state index is 8.54. The Kier molecular flexibility index (Phi) is 4.71. The van der Waals surface area contributed by atoms with Gasteiger partial charge in [-0.2, -0.15) is 4.98 Å². The minimum Gasteiger partial charge on any atom is -0.475 e. The van der Waals surface area contributed by atoms with Gasteiger partial charge in [0.15, 0.2) is 0 Å². The van der Waals surface area contributed by atoms with Crippen molar-refractivity contribution >= 4 is 0 Å². The molecule has 5 nitrogen and oxygen atoms in total. The van der Waals surface area contributed by atoms with Crippen LogP contribution in [0.2, 0.25) is 0 Å². The maximum Gasteiger partial charge on any atom is 0.319 e. The van der Waals surface area contributed by atoms with Crippen LogP contribution in [0.15, 0.2) is 12.3 Å². The summed E-state index contributed by atoms with van der Waals surface area (Å²) in [4.78, 5) is 7.89. The second-order valence-electron chi connectivity index (χ2n) is 2.60. The Morgan fingerprint density at radius 2 is 2.21 bits per heavy atom. The first-order chi connectivity index (χ1) is 6.86. The Morgan fingerprint density at radius 3 is 2.93 bits per heavy atom. The number of hydrogen-bond acceptors (Lipinski definition) is 5. The van der Waals surface area contributed by atoms with Gasteiger partial charge in [0.05, 0.1) is 13.2 Å². The molecule has 0 saturated carbocycles. The molecule has 1 aromatic heterocycles. The fourth-order valence-corrected chi connectivity index (χ4v) is 0.819. The number of rotatable bonds is 6. The third kappa shape index (κ3) is 3.57. The predicted octanol–water partition coefficient (Wildman–Crippen LogP) is 0.636. The normalized spacial score (nSPS) is 9.86. The van der Waals surface area contributed by atoms with Crippen molar-refractivity contribution in [3.8, 4) is 11.9 Å². The standard InChI is InChI=1S/C9H14N2O3/c1-2-6-14-9-10-4-3-8(11-9)13-7-5-12/h3-4,12H,2,5-7H2,1H3. The zero-order valence-corrected chi connectivity index (χ0v) is 8.14. The van der Waals surface area contributed by atoms with Crippen LogP contribution in [0.1, 0.15) is 13.3 Å². The fourth-order valence-electron chi connectivity index (χ4n) is 0.819. The van der Waals surface area contributed by atoms with E-state index in [0.717, 1.165) is 6.42 Å². The van der Waals surface area contributed by atoms with Crippen LogP contribution < -0.4 is 9.47 Å². The molecule has 0 fully saturated rings. The molecule has 0 radical (unpaired) electrons. The molecule has 0 saturated heterocycles. The van der Waals surface area contributed by atoms with E-state index in [0.29, 0.717) is 18.5 Å². The van der Waals surface area contributed by atoms with Crippen molar-refractivity contribution in [2.75, 3.05) is 19.8 Å². The molecule has 0 unspecified atom stereocenters. The monoisotopic (exact) mass is 198 g/mol. The molecule has 1 N–H and O–H groups in total. The molecule has 14 heavy (non-hydrogen) atoms. The first-order valence-corrected chi connectivity index (χ1v) is 4.56. The van der Waals surface area contributed by atoms with Gasteiger partial charge in [0, 0.05) is 12.3 Å². The number of aromatic nitrogens is 2. The molecule has 0 aliphatic rings. The van der Waals surface area contributed by atoms with Gasteiger partial charge in [-0.25, -0.2) is 4.98 Å². The summed E-state index contributed by atoms with van der Waals surface area (Å²) < 4.78 is 10.3. The van der Waals surface area contributed by atoms with Crippen molar-refractivity contribution < 1.29 is 14.6 Å². The quantitative estimate of drug-likeness (QED) is 0.726. The van der Waals surface area contributed by atoms with Gasteiger partial charge in [0.2, 0.25) is 5.88 Å². The van der Waals surface area contributed by atoms with Crippen LogP contribution in [-0.2, 0) is 0 Å². The summed E-state index contributed by atoms with van der Waals surface area (Å²) in [5, 5.41) is 8.54. The highest BCUT2D eigenvalue weighted by atomic mass is 16.5. The van der Waals surface area contributed by atoms with E-state index in [4.69, 9.17) is 14.6 Å². The van der Waals surface area contributed by atoms with Crippen LogP contribution in [-0.4, -0.2) is 34.9 Å². The van der Waals surface area contributed by atoms with Crippen molar-refractivity contribution in [3.05, 3.63) is 12.3 Å². The van der Waals surface area contributed by atoms with Gasteiger partial charge in [0.1, 0.15) is 6.61 Å². The zero-order chi connectivity index (χ0) is 10.2. The lowest BCUT2D eigenvalue weighted by molar-refractivity contribution is 0.193. The van der Waals surface area contributed by atoms with Crippen molar-refractivity contribution in [2.24, 2.45) is 0 Å². The van der Waals surface area contributed by atoms with Crippen molar-refractivity contribution in [1.82, 2.24) is 9.97 Å². The van der Waals surface area contributed by atoms with Crippen LogP contribution in [0, 0.1) is 0 Å². The predicted molar refractivity (Wildman–Crippen MR) is 50.4 cm³/mol. The lowest BCUT2D eigenvalue weighted by Crippen LogP contribution is -2.05. The van der Waals surface area contributed by atoms with Crippen molar-refractivity contribution in [2.45, 2.75) is 13.3 Å². The van der Waals surface area contributed by atoms with E-state index >= 15 is 0 Å². The Morgan fingerprint density at radius 1 is 1.36 bits per heavy atom. The number of aliphatic hydroxyl groups is 1. The minimum absolute atomic E-state index is 0.0326. The summed E-state index contributed by atoms with van der Waals surface area (Å²) in [6, 6.07) is 1.93. The molecule has 1 aromatic rings. The van der Waals surface area contributed by atoms with Crippen molar-refractivity contribution in [3.63, 3.8) is 0 Å². The summed E-state index contributed by atoms with van der Waals surface area (Å²) >= 11 is 0. The molecule has 0 bridgehead atoms. The van der Waals surface area contributed by atoms with Crippen LogP contribution in [0.25, 0.3) is 0 Å². The molecule has 5 heteroatoms. The van der Waals surface area contributed by atoms with Gasteiger partial charge < -0.3 is 14.6 Å². The van der Waals surface area contributed by atoms with E-state index in [1.807, 2.05) is 6.92 Å². The highest BCUT2D eigenvalue weighted by Crippen LogP contribution is 2.09. The largest absolute Gasteiger partial charge is 0.475 e. The summed E-state index contributed by atoms with van der Waals surface area (Å²) in [7, 11) is 0. The highest BCUT2D eigenvalue weighted by molar-refractivity contribution is 5.10. The molecule has 78 valence electrons. The lowest BCUT2D eigenvalue weighted by atomic mass is 10.5. The van der Waals surface area contributed by atoms with E-state index < -0.39 is 0 Å². The van der Waals surface area contributed by atoms with Gasteiger partial charge in [0.25, 0.3) is 0 Å². The maximum atomic E-state index is 8.54. The highest BCUT2D eigenvalue weighted by Gasteiger charge is 1.99. The molecular weight excluding hydrogens is 184 g/mol. The zero-order valence-electron chi connectivity index (χ0n) is 8.14. The Labute approximate surface area is 82.7 Å². The third-order valence-corrected chi connectivity index (χ3v) is 1.38. The number of hydrogen-bond donors (Lipinski definition) is 1. The van der Waals surface area contributed by atoms with Gasteiger partial charge in [-0.1, -0.05) is 6.92 Å². The van der Waals surface area contributed by atoms with Crippen LogP contribution in [0.3, 0.4) is 0 Å². The smallest absolute Gasteiger partial charge is 0.319 e. The second-order valence-corrected chi connectivity index (χ2v) is 2.60. The molecule has 0 atom stereocenters. The third-order valence-electron chi connectivity index (χ3n) is 1.38. The van der Waals surface area contributed by atoms with E-state index in [9.17, 15) is 0 Å². The van der Waals surface area contributed by atoms with Crippen LogP contribution in [0.5, 0.6) is 11.9 Å². The Hall–Kier alpha value is -1.36. The molecule has 1 rings (SSSR count). The summed E-state index contributed by atoms with van der Waals surface area (Å²) in [6.07, 6.45) is 2.47. The molecule has 1 heterocycles. The van der Waals surface area contributed by atoms with Crippen LogP contribution in [0.4, 0.5) is 0 Å². The summed E-state index contributed by atoms with van der Waals surface area (Å²) in [5.41, 5.74) is 0. The Balaban J connectivity index is 2.50. The summed E-state index contributed by atoms with van der Waals surface area (Å²) in [6.45, 7) is 2.79. The van der Waals surface area contributed by atoms with Crippen molar-refractivity contribution in [1.29, 1.82) is 0 Å². The first kappa shape index (κ1) is 10.7. The molecule has 0 spiro atoms. The fraction of sp³-hybridized carbons (Fsp3) is 0.556. The van der Waals surface area contributed by atoms with E-state index in [-0.39, 0.29) is 13.2 Å². The SMILES string of the molecule is CCCOc1nccc(OCCO)n1. The number of aliphatic hydroxyl groups excluding tert-OH is 1. The first-order valence-electron chi connectivity index (χ1n) is 4.56. The average molecular weight is 198 g/mol. The van der Waals surface area contributed by atoms with Gasteiger partial charge >= 0.3 is 6.01 Å². The van der Waals surface area contributed by atoms with Gasteiger partial charge in [-0.15, -0.1) is 0 Å². The van der Waals surface area contributed by atoms with Gasteiger partial charge in [-0.3, -0.25) is 0 Å². The van der Waals surface area contributed by atoms with E-state index in [1.54, 1.807) is 12.3 Å². The van der Waals surface area contributed by atoms with E-state index in [1.165, 1.54) is 0 Å². The van der Waals surface area contributed by atoms with Gasteiger partial charge in [-0.05, 0) is 6.42 Å². The molecular formula is C9H14N2O3.